The number of halogens is 3. The molecule has 0 saturated carbocycles. The lowest BCUT2D eigenvalue weighted by molar-refractivity contribution is -0.143. The predicted octanol–water partition coefficient (Wildman–Crippen LogP) is 4.14. The molecule has 2 aliphatic rings. The van der Waals surface area contributed by atoms with Gasteiger partial charge in [0, 0.05) is 81.0 Å². The van der Waals surface area contributed by atoms with Crippen molar-refractivity contribution in [3.05, 3.63) is 63.4 Å². The van der Waals surface area contributed by atoms with E-state index >= 15 is 0 Å². The highest BCUT2D eigenvalue weighted by molar-refractivity contribution is 6.35. The van der Waals surface area contributed by atoms with Crippen molar-refractivity contribution in [1.82, 2.24) is 15.1 Å². The first-order chi connectivity index (χ1) is 18.3. The lowest BCUT2D eigenvalue weighted by Crippen LogP contribution is -2.56. The van der Waals surface area contributed by atoms with E-state index in [-0.39, 0.29) is 23.7 Å². The minimum absolute atomic E-state index is 0.00164. The molecule has 0 bridgehead atoms. The number of carbonyl (C=O) groups excluding carboxylic acids is 2. The Morgan fingerprint density at radius 3 is 2.50 bits per heavy atom. The topological polar surface area (TPSA) is 65.1 Å². The second-order valence-electron chi connectivity index (χ2n) is 9.97. The van der Waals surface area contributed by atoms with Crippen LogP contribution in [0, 0.1) is 5.82 Å². The SMILES string of the molecule is COCC(C)NCc1cc(F)ccc1N1CCN(C(=O)C(Cc2ccc(Cl)cc2Cl)N2CCCC2=O)CC1. The third kappa shape index (κ3) is 6.97. The normalized spacial score (nSPS) is 17.7. The number of carbonyl (C=O) groups is 2. The molecule has 2 aromatic carbocycles. The number of hydrogen-bond acceptors (Lipinski definition) is 5. The predicted molar refractivity (Wildman–Crippen MR) is 148 cm³/mol. The fourth-order valence-corrected chi connectivity index (χ4v) is 5.69. The van der Waals surface area contributed by atoms with Crippen molar-refractivity contribution in [1.29, 1.82) is 0 Å². The highest BCUT2D eigenvalue weighted by atomic mass is 35.5. The lowest BCUT2D eigenvalue weighted by Gasteiger charge is -2.40. The molecule has 2 aliphatic heterocycles. The quantitative estimate of drug-likeness (QED) is 0.470. The van der Waals surface area contributed by atoms with Crippen LogP contribution in [0.5, 0.6) is 0 Å². The van der Waals surface area contributed by atoms with Crippen molar-refractivity contribution in [3.8, 4) is 0 Å². The van der Waals surface area contributed by atoms with Crippen LogP contribution in [0.4, 0.5) is 10.1 Å². The number of hydrogen-bond donors (Lipinski definition) is 1. The van der Waals surface area contributed by atoms with Gasteiger partial charge in [0.15, 0.2) is 0 Å². The smallest absolute Gasteiger partial charge is 0.245 e. The first-order valence-corrected chi connectivity index (χ1v) is 13.8. The summed E-state index contributed by atoms with van der Waals surface area (Å²) in [6.45, 7) is 5.90. The fourth-order valence-electron chi connectivity index (χ4n) is 5.20. The molecule has 2 unspecified atom stereocenters. The zero-order valence-corrected chi connectivity index (χ0v) is 23.4. The second kappa shape index (κ2) is 13.1. The van der Waals surface area contributed by atoms with Crippen molar-refractivity contribution in [2.45, 2.75) is 44.8 Å². The number of likely N-dealkylation sites (tertiary alicyclic amines) is 1. The maximum Gasteiger partial charge on any atom is 0.245 e. The molecule has 2 amide bonds. The number of piperazine rings is 1. The minimum atomic E-state index is -0.608. The molecule has 1 N–H and O–H groups in total. The molecule has 38 heavy (non-hydrogen) atoms. The second-order valence-corrected chi connectivity index (χ2v) is 10.8. The van der Waals surface area contributed by atoms with Crippen LogP contribution < -0.4 is 10.2 Å². The summed E-state index contributed by atoms with van der Waals surface area (Å²) in [6, 6.07) is 9.59. The Morgan fingerprint density at radius 1 is 1.08 bits per heavy atom. The number of nitrogens with one attached hydrogen (secondary N) is 1. The number of amides is 2. The molecule has 2 aromatic rings. The lowest BCUT2D eigenvalue weighted by atomic mass is 10.0. The zero-order chi connectivity index (χ0) is 27.2. The average molecular weight is 566 g/mol. The molecule has 2 heterocycles. The molecule has 4 rings (SSSR count). The van der Waals surface area contributed by atoms with Gasteiger partial charge in [0.05, 0.1) is 6.61 Å². The number of rotatable bonds is 10. The Morgan fingerprint density at radius 2 is 1.84 bits per heavy atom. The molecule has 206 valence electrons. The van der Waals surface area contributed by atoms with E-state index in [1.165, 1.54) is 6.07 Å². The average Bonchev–Trinajstić information content (AvgIpc) is 3.32. The summed E-state index contributed by atoms with van der Waals surface area (Å²) >= 11 is 12.5. The van der Waals surface area contributed by atoms with Crippen molar-refractivity contribution < 1.29 is 18.7 Å². The van der Waals surface area contributed by atoms with Crippen LogP contribution >= 0.6 is 23.2 Å². The summed E-state index contributed by atoms with van der Waals surface area (Å²) in [5.41, 5.74) is 2.61. The highest BCUT2D eigenvalue weighted by Crippen LogP contribution is 2.27. The molecule has 10 heteroatoms. The van der Waals surface area contributed by atoms with Gasteiger partial charge < -0.3 is 24.8 Å². The van der Waals surface area contributed by atoms with Gasteiger partial charge >= 0.3 is 0 Å². The van der Waals surface area contributed by atoms with Crippen molar-refractivity contribution >= 4 is 40.7 Å². The molecule has 2 atom stereocenters. The van der Waals surface area contributed by atoms with E-state index in [4.69, 9.17) is 27.9 Å². The van der Waals surface area contributed by atoms with Crippen molar-refractivity contribution in [3.63, 3.8) is 0 Å². The molecular weight excluding hydrogens is 530 g/mol. The number of benzene rings is 2. The maximum absolute atomic E-state index is 14.1. The van der Waals surface area contributed by atoms with Crippen LogP contribution in [0.3, 0.4) is 0 Å². The number of ether oxygens (including phenoxy) is 1. The van der Waals surface area contributed by atoms with Gasteiger partial charge in [0.25, 0.3) is 0 Å². The Hall–Kier alpha value is -2.39. The summed E-state index contributed by atoms with van der Waals surface area (Å²) in [5, 5.41) is 4.39. The van der Waals surface area contributed by atoms with Gasteiger partial charge in [-0.3, -0.25) is 9.59 Å². The van der Waals surface area contributed by atoms with E-state index in [0.717, 1.165) is 23.2 Å². The first-order valence-electron chi connectivity index (χ1n) is 13.0. The molecule has 0 aromatic heterocycles. The third-order valence-electron chi connectivity index (χ3n) is 7.23. The van der Waals surface area contributed by atoms with Gasteiger partial charge in [-0.1, -0.05) is 29.3 Å². The Balaban J connectivity index is 1.45. The van der Waals surface area contributed by atoms with Gasteiger partial charge in [-0.05, 0) is 54.8 Å². The molecule has 0 radical (unpaired) electrons. The zero-order valence-electron chi connectivity index (χ0n) is 21.9. The summed E-state index contributed by atoms with van der Waals surface area (Å²) in [5.74, 6) is -0.351. The van der Waals surface area contributed by atoms with E-state index < -0.39 is 6.04 Å². The standard InChI is InChI=1S/C28H35Cl2FN4O3/c1-19(18-38-2)32-17-21-14-23(31)7-8-25(21)33-10-12-34(13-11-33)28(37)26(35-9-3-4-27(35)36)15-20-5-6-22(29)16-24(20)30/h5-8,14,16,19,26,32H,3-4,9-13,15,17-18H2,1-2H3. The first kappa shape index (κ1) is 28.6. The Kier molecular flexibility index (Phi) is 9.87. The Bertz CT molecular complexity index is 1140. The van der Waals surface area contributed by atoms with E-state index in [0.29, 0.717) is 68.8 Å². The van der Waals surface area contributed by atoms with Crippen molar-refractivity contribution in [2.75, 3.05) is 51.3 Å². The monoisotopic (exact) mass is 564 g/mol. The summed E-state index contributed by atoms with van der Waals surface area (Å²) < 4.78 is 19.3. The number of methoxy groups -OCH3 is 1. The van der Waals surface area contributed by atoms with Crippen LogP contribution in [0.25, 0.3) is 0 Å². The van der Waals surface area contributed by atoms with Crippen molar-refractivity contribution in [2.24, 2.45) is 0 Å². The van der Waals surface area contributed by atoms with Crippen LogP contribution in [-0.4, -0.2) is 80.1 Å². The number of nitrogens with zero attached hydrogens (tertiary/aromatic N) is 3. The minimum Gasteiger partial charge on any atom is -0.383 e. The number of anilines is 1. The fraction of sp³-hybridized carbons (Fsp3) is 0.500. The molecule has 0 aliphatic carbocycles. The van der Waals surface area contributed by atoms with Crippen LogP contribution in [0.2, 0.25) is 10.0 Å². The van der Waals surface area contributed by atoms with Gasteiger partial charge in [0.2, 0.25) is 11.8 Å². The van der Waals surface area contributed by atoms with E-state index in [1.807, 2.05) is 17.9 Å². The van der Waals surface area contributed by atoms with E-state index in [9.17, 15) is 14.0 Å². The summed E-state index contributed by atoms with van der Waals surface area (Å²) in [6.07, 6.45) is 1.54. The van der Waals surface area contributed by atoms with Gasteiger partial charge in [-0.25, -0.2) is 4.39 Å². The van der Waals surface area contributed by atoms with Gasteiger partial charge in [0.1, 0.15) is 11.9 Å². The van der Waals surface area contributed by atoms with Crippen LogP contribution in [0.1, 0.15) is 30.9 Å². The summed E-state index contributed by atoms with van der Waals surface area (Å²) in [7, 11) is 1.65. The molecular formula is C28H35Cl2FN4O3. The Labute approximate surface area is 233 Å². The van der Waals surface area contributed by atoms with Crippen LogP contribution in [-0.2, 0) is 27.3 Å². The maximum atomic E-state index is 14.1. The highest BCUT2D eigenvalue weighted by Gasteiger charge is 2.37. The molecule has 2 saturated heterocycles. The third-order valence-corrected chi connectivity index (χ3v) is 7.82. The van der Waals surface area contributed by atoms with E-state index in [1.54, 1.807) is 36.3 Å². The van der Waals surface area contributed by atoms with Crippen LogP contribution in [0.15, 0.2) is 36.4 Å². The van der Waals surface area contributed by atoms with Gasteiger partial charge in [-0.2, -0.15) is 0 Å². The largest absolute Gasteiger partial charge is 0.383 e. The molecule has 0 spiro atoms. The molecule has 2 fully saturated rings. The molecule has 7 nitrogen and oxygen atoms in total. The van der Waals surface area contributed by atoms with E-state index in [2.05, 4.69) is 10.2 Å². The van der Waals surface area contributed by atoms with Gasteiger partial charge in [-0.15, -0.1) is 0 Å². The summed E-state index contributed by atoms with van der Waals surface area (Å²) in [4.78, 5) is 32.1.